The maximum atomic E-state index is 6.10. The zero-order chi connectivity index (χ0) is 14.2. The van der Waals surface area contributed by atoms with Crippen LogP contribution >= 0.6 is 0 Å². The van der Waals surface area contributed by atoms with Gasteiger partial charge in [0.15, 0.2) is 5.65 Å². The van der Waals surface area contributed by atoms with Gasteiger partial charge in [-0.3, -0.25) is 0 Å². The molecule has 5 heteroatoms. The second kappa shape index (κ2) is 5.05. The van der Waals surface area contributed by atoms with E-state index in [0.29, 0.717) is 6.54 Å². The van der Waals surface area contributed by atoms with E-state index in [4.69, 9.17) is 5.73 Å². The lowest BCUT2D eigenvalue weighted by molar-refractivity contribution is 0.263. The van der Waals surface area contributed by atoms with Crippen LogP contribution in [0.25, 0.3) is 5.65 Å². The monoisotopic (exact) mass is 273 g/mol. The molecule has 0 bridgehead atoms. The summed E-state index contributed by atoms with van der Waals surface area (Å²) in [6.45, 7) is 5.05. The van der Waals surface area contributed by atoms with Gasteiger partial charge in [-0.1, -0.05) is 19.8 Å². The van der Waals surface area contributed by atoms with Crippen molar-refractivity contribution in [2.75, 3.05) is 11.9 Å². The fourth-order valence-electron chi connectivity index (χ4n) is 3.43. The van der Waals surface area contributed by atoms with Gasteiger partial charge in [-0.2, -0.15) is 9.61 Å². The van der Waals surface area contributed by atoms with Gasteiger partial charge in [-0.05, 0) is 43.4 Å². The first-order valence-corrected chi connectivity index (χ1v) is 7.40. The first-order valence-electron chi connectivity index (χ1n) is 7.40. The summed E-state index contributed by atoms with van der Waals surface area (Å²) < 4.78 is 1.86. The topological polar surface area (TPSA) is 68.2 Å². The third-order valence-electron chi connectivity index (χ3n) is 4.40. The molecule has 2 heterocycles. The van der Waals surface area contributed by atoms with Crippen LogP contribution in [-0.4, -0.2) is 26.7 Å². The first kappa shape index (κ1) is 13.4. The van der Waals surface area contributed by atoms with Crippen LogP contribution in [-0.2, 0) is 0 Å². The summed E-state index contributed by atoms with van der Waals surface area (Å²) in [6, 6.07) is 4.16. The Morgan fingerprint density at radius 3 is 3.10 bits per heavy atom. The zero-order valence-electron chi connectivity index (χ0n) is 12.3. The number of hydrogen-bond acceptors (Lipinski definition) is 4. The number of nitrogens with two attached hydrogens (primary N) is 1. The molecule has 0 aromatic carbocycles. The zero-order valence-corrected chi connectivity index (χ0v) is 12.3. The Labute approximate surface area is 119 Å². The van der Waals surface area contributed by atoms with E-state index >= 15 is 0 Å². The molecule has 0 radical (unpaired) electrons. The Morgan fingerprint density at radius 1 is 1.50 bits per heavy atom. The molecular formula is C15H23N5. The van der Waals surface area contributed by atoms with Crippen molar-refractivity contribution in [2.24, 2.45) is 11.7 Å². The second-order valence-corrected chi connectivity index (χ2v) is 6.26. The molecule has 2 aromatic heterocycles. The SMILES string of the molecule is Cc1cc(NC2(CN)CCCC(C)C2)n2ncnc2c1. The van der Waals surface area contributed by atoms with E-state index < -0.39 is 0 Å². The largest absolute Gasteiger partial charge is 0.363 e. The molecule has 1 aliphatic carbocycles. The first-order chi connectivity index (χ1) is 9.62. The molecule has 108 valence electrons. The molecule has 1 saturated carbocycles. The van der Waals surface area contributed by atoms with Crippen molar-refractivity contribution in [3.05, 3.63) is 24.0 Å². The lowest BCUT2D eigenvalue weighted by Crippen LogP contribution is -2.49. The molecule has 5 nitrogen and oxygen atoms in total. The molecule has 0 amide bonds. The van der Waals surface area contributed by atoms with Crippen LogP contribution in [0.5, 0.6) is 0 Å². The average Bonchev–Trinajstić information content (AvgIpc) is 2.87. The number of rotatable bonds is 3. The number of nitrogens with one attached hydrogen (secondary N) is 1. The molecule has 0 spiro atoms. The van der Waals surface area contributed by atoms with Gasteiger partial charge in [-0.15, -0.1) is 0 Å². The van der Waals surface area contributed by atoms with Gasteiger partial charge < -0.3 is 11.1 Å². The molecule has 3 rings (SSSR count). The maximum absolute atomic E-state index is 6.10. The minimum absolute atomic E-state index is 0.00958. The smallest absolute Gasteiger partial charge is 0.157 e. The molecule has 2 atom stereocenters. The van der Waals surface area contributed by atoms with Crippen molar-refractivity contribution in [1.82, 2.24) is 14.6 Å². The van der Waals surface area contributed by atoms with Crippen LogP contribution in [0.2, 0.25) is 0 Å². The van der Waals surface area contributed by atoms with E-state index in [-0.39, 0.29) is 5.54 Å². The fraction of sp³-hybridized carbons (Fsp3) is 0.600. The summed E-state index contributed by atoms with van der Waals surface area (Å²) in [4.78, 5) is 4.28. The highest BCUT2D eigenvalue weighted by Crippen LogP contribution is 2.34. The second-order valence-electron chi connectivity index (χ2n) is 6.26. The van der Waals surface area contributed by atoms with Crippen molar-refractivity contribution >= 4 is 11.5 Å². The number of aromatic nitrogens is 3. The summed E-state index contributed by atoms with van der Waals surface area (Å²) in [6.07, 6.45) is 6.37. The third kappa shape index (κ3) is 2.38. The summed E-state index contributed by atoms with van der Waals surface area (Å²) in [5.74, 6) is 1.72. The number of hydrogen-bond donors (Lipinski definition) is 2. The highest BCUT2D eigenvalue weighted by molar-refractivity contribution is 5.52. The Bertz CT molecular complexity index is 605. The Balaban J connectivity index is 1.96. The Hall–Kier alpha value is -1.62. The van der Waals surface area contributed by atoms with E-state index in [1.54, 1.807) is 6.33 Å². The minimum atomic E-state index is -0.00958. The van der Waals surface area contributed by atoms with E-state index in [0.717, 1.165) is 30.2 Å². The number of fused-ring (bicyclic) bond motifs is 1. The third-order valence-corrected chi connectivity index (χ3v) is 4.40. The van der Waals surface area contributed by atoms with Crippen LogP contribution in [0.15, 0.2) is 18.5 Å². The Kier molecular flexibility index (Phi) is 3.38. The molecular weight excluding hydrogens is 250 g/mol. The molecule has 2 aromatic rings. The Morgan fingerprint density at radius 2 is 2.35 bits per heavy atom. The van der Waals surface area contributed by atoms with Gasteiger partial charge in [-0.25, -0.2) is 4.98 Å². The minimum Gasteiger partial charge on any atom is -0.363 e. The van der Waals surface area contributed by atoms with Crippen LogP contribution < -0.4 is 11.1 Å². The molecule has 1 aliphatic rings. The number of pyridine rings is 1. The number of anilines is 1. The van der Waals surface area contributed by atoms with Crippen molar-refractivity contribution in [2.45, 2.75) is 45.1 Å². The lowest BCUT2D eigenvalue weighted by atomic mass is 9.76. The van der Waals surface area contributed by atoms with E-state index in [1.807, 2.05) is 10.6 Å². The predicted octanol–water partition coefficient (Wildman–Crippen LogP) is 2.36. The summed E-state index contributed by atoms with van der Waals surface area (Å²) in [5, 5.41) is 7.99. The molecule has 0 saturated heterocycles. The van der Waals surface area contributed by atoms with Crippen molar-refractivity contribution in [3.8, 4) is 0 Å². The molecule has 20 heavy (non-hydrogen) atoms. The highest BCUT2D eigenvalue weighted by atomic mass is 15.3. The van der Waals surface area contributed by atoms with E-state index in [2.05, 4.69) is 35.3 Å². The van der Waals surface area contributed by atoms with Gasteiger partial charge in [0.05, 0.1) is 5.54 Å². The molecule has 1 fully saturated rings. The maximum Gasteiger partial charge on any atom is 0.157 e. The number of aryl methyl sites for hydroxylation is 1. The quantitative estimate of drug-likeness (QED) is 0.901. The predicted molar refractivity (Wildman–Crippen MR) is 80.8 cm³/mol. The summed E-state index contributed by atoms with van der Waals surface area (Å²) >= 11 is 0. The van der Waals surface area contributed by atoms with Crippen LogP contribution in [0.1, 0.15) is 38.2 Å². The van der Waals surface area contributed by atoms with Crippen LogP contribution in [0, 0.1) is 12.8 Å². The standard InChI is InChI=1S/C15H23N5/c1-11-4-3-5-15(8-11,9-16)19-14-7-12(2)6-13-17-10-18-20(13)14/h6-7,10-11,19H,3-5,8-9,16H2,1-2H3. The van der Waals surface area contributed by atoms with Crippen molar-refractivity contribution in [1.29, 1.82) is 0 Å². The van der Waals surface area contributed by atoms with Crippen molar-refractivity contribution < 1.29 is 0 Å². The molecule has 3 N–H and O–H groups in total. The van der Waals surface area contributed by atoms with Crippen LogP contribution in [0.3, 0.4) is 0 Å². The van der Waals surface area contributed by atoms with Crippen LogP contribution in [0.4, 0.5) is 5.82 Å². The van der Waals surface area contributed by atoms with Crippen molar-refractivity contribution in [3.63, 3.8) is 0 Å². The van der Waals surface area contributed by atoms with Gasteiger partial charge >= 0.3 is 0 Å². The van der Waals surface area contributed by atoms with Gasteiger partial charge in [0.25, 0.3) is 0 Å². The molecule has 0 aliphatic heterocycles. The normalized spacial score (nSPS) is 26.9. The van der Waals surface area contributed by atoms with E-state index in [1.165, 1.54) is 18.4 Å². The van der Waals surface area contributed by atoms with E-state index in [9.17, 15) is 0 Å². The highest BCUT2D eigenvalue weighted by Gasteiger charge is 2.34. The average molecular weight is 273 g/mol. The van der Waals surface area contributed by atoms with Gasteiger partial charge in [0.2, 0.25) is 0 Å². The van der Waals surface area contributed by atoms with Gasteiger partial charge in [0, 0.05) is 6.54 Å². The molecule has 2 unspecified atom stereocenters. The van der Waals surface area contributed by atoms with Gasteiger partial charge in [0.1, 0.15) is 12.1 Å². The number of nitrogens with zero attached hydrogens (tertiary/aromatic N) is 3. The summed E-state index contributed by atoms with van der Waals surface area (Å²) in [5.41, 5.74) is 8.15. The lowest BCUT2D eigenvalue weighted by Gasteiger charge is -2.40. The fourth-order valence-corrected chi connectivity index (χ4v) is 3.43. The summed E-state index contributed by atoms with van der Waals surface area (Å²) in [7, 11) is 0.